The summed E-state index contributed by atoms with van der Waals surface area (Å²) >= 11 is 4.55. The maximum absolute atomic E-state index is 12.8. The van der Waals surface area contributed by atoms with Gasteiger partial charge in [0.1, 0.15) is 5.82 Å². The number of anilines is 1. The summed E-state index contributed by atoms with van der Waals surface area (Å²) < 4.78 is 13.3. The van der Waals surface area contributed by atoms with Gasteiger partial charge in [-0.3, -0.25) is 4.79 Å². The van der Waals surface area contributed by atoms with Crippen LogP contribution in [0.25, 0.3) is 0 Å². The number of carbonyl (C=O) groups excluding carboxylic acids is 1. The van der Waals surface area contributed by atoms with Crippen LogP contribution in [0, 0.1) is 5.82 Å². The van der Waals surface area contributed by atoms with Gasteiger partial charge in [-0.1, -0.05) is 6.07 Å². The monoisotopic (exact) mass is 299 g/mol. The van der Waals surface area contributed by atoms with E-state index in [0.717, 1.165) is 0 Å². The van der Waals surface area contributed by atoms with Crippen LogP contribution in [0.4, 0.5) is 10.1 Å². The lowest BCUT2D eigenvalue weighted by Gasteiger charge is -2.05. The quantitative estimate of drug-likeness (QED) is 0.895. The maximum Gasteiger partial charge on any atom is 0.265 e. The molecule has 5 heteroatoms. The Morgan fingerprint density at radius 3 is 2.81 bits per heavy atom. The van der Waals surface area contributed by atoms with Crippen LogP contribution >= 0.6 is 27.3 Å². The van der Waals surface area contributed by atoms with Gasteiger partial charge >= 0.3 is 0 Å². The van der Waals surface area contributed by atoms with Crippen LogP contribution in [-0.2, 0) is 0 Å². The van der Waals surface area contributed by atoms with E-state index in [1.165, 1.54) is 29.5 Å². The zero-order valence-corrected chi connectivity index (χ0v) is 10.4. The Hall–Kier alpha value is -1.20. The van der Waals surface area contributed by atoms with Gasteiger partial charge in [-0.25, -0.2) is 4.39 Å². The van der Waals surface area contributed by atoms with E-state index in [2.05, 4.69) is 21.2 Å². The summed E-state index contributed by atoms with van der Waals surface area (Å²) in [6, 6.07) is 7.67. The van der Waals surface area contributed by atoms with Crippen molar-refractivity contribution in [2.45, 2.75) is 0 Å². The molecule has 0 aliphatic carbocycles. The van der Waals surface area contributed by atoms with Gasteiger partial charge in [0, 0.05) is 4.47 Å². The molecule has 0 saturated carbocycles. The van der Waals surface area contributed by atoms with Gasteiger partial charge in [-0.05, 0) is 45.6 Å². The van der Waals surface area contributed by atoms with Gasteiger partial charge in [0.05, 0.1) is 10.6 Å². The van der Waals surface area contributed by atoms with E-state index in [9.17, 15) is 9.18 Å². The number of carbonyl (C=O) groups is 1. The number of nitrogens with one attached hydrogen (secondary N) is 1. The van der Waals surface area contributed by atoms with Crippen LogP contribution in [0.5, 0.6) is 0 Å². The molecule has 0 fully saturated rings. The predicted molar refractivity (Wildman–Crippen MR) is 66.4 cm³/mol. The third kappa shape index (κ3) is 2.48. The lowest BCUT2D eigenvalue weighted by molar-refractivity contribution is 0.103. The zero-order chi connectivity index (χ0) is 11.5. The van der Waals surface area contributed by atoms with Crippen molar-refractivity contribution < 1.29 is 9.18 Å². The molecule has 1 heterocycles. The topological polar surface area (TPSA) is 29.1 Å². The standard InChI is InChI=1S/C11H7BrFNOS/c12-8-6-7(13)3-4-9(8)14-11(15)10-2-1-5-16-10/h1-6H,(H,14,15). The minimum absolute atomic E-state index is 0.192. The number of halogens is 2. The Kier molecular flexibility index (Phi) is 3.36. The molecule has 2 aromatic rings. The minimum atomic E-state index is -0.346. The van der Waals surface area contributed by atoms with Crippen molar-refractivity contribution >= 4 is 38.9 Å². The fourth-order valence-corrected chi connectivity index (χ4v) is 2.25. The lowest BCUT2D eigenvalue weighted by Crippen LogP contribution is -2.10. The van der Waals surface area contributed by atoms with Gasteiger partial charge in [0.15, 0.2) is 0 Å². The predicted octanol–water partition coefficient (Wildman–Crippen LogP) is 3.90. The Morgan fingerprint density at radius 2 is 2.19 bits per heavy atom. The second-order valence-electron chi connectivity index (χ2n) is 3.06. The molecule has 0 spiro atoms. The van der Waals surface area contributed by atoms with Crippen LogP contribution in [0.15, 0.2) is 40.2 Å². The fourth-order valence-electron chi connectivity index (χ4n) is 1.18. The van der Waals surface area contributed by atoms with Crippen LogP contribution in [0.1, 0.15) is 9.67 Å². The number of amides is 1. The van der Waals surface area contributed by atoms with E-state index in [-0.39, 0.29) is 11.7 Å². The summed E-state index contributed by atoms with van der Waals surface area (Å²) in [6.07, 6.45) is 0. The molecule has 1 amide bonds. The minimum Gasteiger partial charge on any atom is -0.320 e. The van der Waals surface area contributed by atoms with E-state index in [4.69, 9.17) is 0 Å². The number of hydrogen-bond donors (Lipinski definition) is 1. The highest BCUT2D eigenvalue weighted by atomic mass is 79.9. The lowest BCUT2D eigenvalue weighted by atomic mass is 10.3. The maximum atomic E-state index is 12.8. The van der Waals surface area contributed by atoms with Crippen molar-refractivity contribution in [3.63, 3.8) is 0 Å². The molecule has 0 aliphatic rings. The normalized spacial score (nSPS) is 10.1. The molecule has 0 bridgehead atoms. The van der Waals surface area contributed by atoms with Crippen LogP contribution < -0.4 is 5.32 Å². The largest absolute Gasteiger partial charge is 0.320 e. The number of rotatable bonds is 2. The highest BCUT2D eigenvalue weighted by Crippen LogP contribution is 2.24. The molecule has 16 heavy (non-hydrogen) atoms. The van der Waals surface area contributed by atoms with Gasteiger partial charge in [-0.15, -0.1) is 11.3 Å². The molecular formula is C11H7BrFNOS. The first-order valence-electron chi connectivity index (χ1n) is 4.47. The highest BCUT2D eigenvalue weighted by Gasteiger charge is 2.09. The molecule has 2 rings (SSSR count). The first-order chi connectivity index (χ1) is 7.66. The van der Waals surface area contributed by atoms with Gasteiger partial charge < -0.3 is 5.32 Å². The molecular weight excluding hydrogens is 293 g/mol. The summed E-state index contributed by atoms with van der Waals surface area (Å²) in [6.45, 7) is 0. The van der Waals surface area contributed by atoms with Crippen LogP contribution in [0.2, 0.25) is 0 Å². The zero-order valence-electron chi connectivity index (χ0n) is 8.04. The van der Waals surface area contributed by atoms with Crippen molar-refractivity contribution in [1.29, 1.82) is 0 Å². The third-order valence-corrected chi connectivity index (χ3v) is 3.45. The Morgan fingerprint density at radius 1 is 1.38 bits per heavy atom. The van der Waals surface area contributed by atoms with Gasteiger partial charge in [0.25, 0.3) is 5.91 Å². The first-order valence-corrected chi connectivity index (χ1v) is 6.14. The molecule has 1 aromatic heterocycles. The van der Waals surface area contributed by atoms with Crippen molar-refractivity contribution in [2.24, 2.45) is 0 Å². The van der Waals surface area contributed by atoms with Gasteiger partial charge in [0.2, 0.25) is 0 Å². The number of benzene rings is 1. The van der Waals surface area contributed by atoms with E-state index in [1.807, 2.05) is 5.38 Å². The molecule has 0 atom stereocenters. The number of thiophene rings is 1. The van der Waals surface area contributed by atoms with Crippen molar-refractivity contribution in [2.75, 3.05) is 5.32 Å². The van der Waals surface area contributed by atoms with E-state index in [0.29, 0.717) is 15.0 Å². The molecule has 0 aliphatic heterocycles. The van der Waals surface area contributed by atoms with Crippen LogP contribution in [-0.4, -0.2) is 5.91 Å². The molecule has 2 nitrogen and oxygen atoms in total. The Bertz CT molecular complexity index is 513. The van der Waals surface area contributed by atoms with Crippen molar-refractivity contribution in [3.8, 4) is 0 Å². The van der Waals surface area contributed by atoms with Crippen molar-refractivity contribution in [3.05, 3.63) is 50.9 Å². The molecule has 0 unspecified atom stereocenters. The van der Waals surface area contributed by atoms with E-state index < -0.39 is 0 Å². The summed E-state index contributed by atoms with van der Waals surface area (Å²) in [5.41, 5.74) is 0.555. The van der Waals surface area contributed by atoms with Crippen molar-refractivity contribution in [1.82, 2.24) is 0 Å². The molecule has 1 aromatic carbocycles. The first kappa shape index (κ1) is 11.3. The average molecular weight is 300 g/mol. The summed E-state index contributed by atoms with van der Waals surface area (Å²) in [5, 5.41) is 4.53. The van der Waals surface area contributed by atoms with Crippen LogP contribution in [0.3, 0.4) is 0 Å². The Balaban J connectivity index is 2.18. The third-order valence-electron chi connectivity index (χ3n) is 1.92. The molecule has 0 saturated heterocycles. The fraction of sp³-hybridized carbons (Fsp3) is 0. The van der Waals surface area contributed by atoms with E-state index >= 15 is 0 Å². The molecule has 1 N–H and O–H groups in total. The second-order valence-corrected chi connectivity index (χ2v) is 4.86. The summed E-state index contributed by atoms with van der Waals surface area (Å²) in [4.78, 5) is 12.3. The van der Waals surface area contributed by atoms with E-state index in [1.54, 1.807) is 12.1 Å². The number of hydrogen-bond acceptors (Lipinski definition) is 2. The Labute approximate surface area is 104 Å². The SMILES string of the molecule is O=C(Nc1ccc(F)cc1Br)c1cccs1. The van der Waals surface area contributed by atoms with Gasteiger partial charge in [-0.2, -0.15) is 0 Å². The summed E-state index contributed by atoms with van der Waals surface area (Å²) in [5.74, 6) is -0.539. The molecule has 82 valence electrons. The highest BCUT2D eigenvalue weighted by molar-refractivity contribution is 9.10. The average Bonchev–Trinajstić information content (AvgIpc) is 2.75. The molecule has 0 radical (unpaired) electrons. The summed E-state index contributed by atoms with van der Waals surface area (Å²) in [7, 11) is 0. The second kappa shape index (κ2) is 4.76. The smallest absolute Gasteiger partial charge is 0.265 e.